The summed E-state index contributed by atoms with van der Waals surface area (Å²) in [5.41, 5.74) is 2.97. The first kappa shape index (κ1) is 22.4. The lowest BCUT2D eigenvalue weighted by molar-refractivity contribution is -0.114. The molecule has 0 aliphatic heterocycles. The van der Waals surface area contributed by atoms with Crippen molar-refractivity contribution in [3.8, 4) is 11.5 Å². The second-order valence-electron chi connectivity index (χ2n) is 7.59. The number of nitrogens with zero attached hydrogens (tertiary/aromatic N) is 3. The quantitative estimate of drug-likeness (QED) is 0.549. The standard InChI is InChI=1S/C23H29N5O3/c1-5-15(2)14-25-23(30)18-12-17(26-16(3)29)13-20-21(18)28(10-11-31-4)22(27-20)19-8-6-7-9-24-19/h6-9,12-13,15H,5,10-11,14H2,1-4H3,(H,25,30)(H,26,29)/t15-/m1/s1. The van der Waals surface area contributed by atoms with Crippen molar-refractivity contribution in [3.05, 3.63) is 42.1 Å². The van der Waals surface area contributed by atoms with Crippen LogP contribution in [0.15, 0.2) is 36.5 Å². The second-order valence-corrected chi connectivity index (χ2v) is 7.59. The summed E-state index contributed by atoms with van der Waals surface area (Å²) in [5, 5.41) is 5.79. The minimum Gasteiger partial charge on any atom is -0.383 e. The highest BCUT2D eigenvalue weighted by Gasteiger charge is 2.21. The first-order valence-electron chi connectivity index (χ1n) is 10.4. The zero-order valence-electron chi connectivity index (χ0n) is 18.4. The minimum atomic E-state index is -0.214. The van der Waals surface area contributed by atoms with E-state index < -0.39 is 0 Å². The number of hydrogen-bond donors (Lipinski definition) is 2. The lowest BCUT2D eigenvalue weighted by Crippen LogP contribution is -2.28. The molecule has 2 N–H and O–H groups in total. The van der Waals surface area contributed by atoms with Gasteiger partial charge in [-0.05, 0) is 30.2 Å². The van der Waals surface area contributed by atoms with Gasteiger partial charge in [0, 0.05) is 39.0 Å². The van der Waals surface area contributed by atoms with Gasteiger partial charge in [0.05, 0.1) is 23.2 Å². The Bertz CT molecular complexity index is 1060. The van der Waals surface area contributed by atoms with Crippen molar-refractivity contribution in [3.63, 3.8) is 0 Å². The van der Waals surface area contributed by atoms with Gasteiger partial charge in [-0.25, -0.2) is 4.98 Å². The van der Waals surface area contributed by atoms with Crippen LogP contribution in [0.4, 0.5) is 5.69 Å². The van der Waals surface area contributed by atoms with Crippen LogP contribution in [0.25, 0.3) is 22.6 Å². The van der Waals surface area contributed by atoms with Crippen LogP contribution >= 0.6 is 0 Å². The summed E-state index contributed by atoms with van der Waals surface area (Å²) in [6, 6.07) is 9.09. The molecule has 1 aromatic carbocycles. The summed E-state index contributed by atoms with van der Waals surface area (Å²) in [7, 11) is 1.63. The first-order chi connectivity index (χ1) is 14.9. The van der Waals surface area contributed by atoms with E-state index in [-0.39, 0.29) is 11.8 Å². The van der Waals surface area contributed by atoms with Gasteiger partial charge in [0.25, 0.3) is 5.91 Å². The summed E-state index contributed by atoms with van der Waals surface area (Å²) in [4.78, 5) is 34.0. The van der Waals surface area contributed by atoms with Gasteiger partial charge in [-0.2, -0.15) is 0 Å². The van der Waals surface area contributed by atoms with Crippen molar-refractivity contribution in [2.75, 3.05) is 25.6 Å². The third kappa shape index (κ3) is 5.27. The fraction of sp³-hybridized carbons (Fsp3) is 0.391. The highest BCUT2D eigenvalue weighted by molar-refractivity contribution is 6.08. The number of rotatable bonds is 9. The zero-order valence-corrected chi connectivity index (χ0v) is 18.4. The van der Waals surface area contributed by atoms with Crippen LogP contribution in [0.1, 0.15) is 37.6 Å². The molecule has 0 unspecified atom stereocenters. The van der Waals surface area contributed by atoms with Gasteiger partial charge >= 0.3 is 0 Å². The molecule has 0 aliphatic rings. The van der Waals surface area contributed by atoms with Gasteiger partial charge in [0.2, 0.25) is 5.91 Å². The number of aromatic nitrogens is 3. The Labute approximate surface area is 182 Å². The molecule has 0 fully saturated rings. The Morgan fingerprint density at radius 3 is 2.71 bits per heavy atom. The molecule has 2 aromatic heterocycles. The van der Waals surface area contributed by atoms with E-state index in [9.17, 15) is 9.59 Å². The number of pyridine rings is 1. The smallest absolute Gasteiger partial charge is 0.253 e. The average Bonchev–Trinajstić information content (AvgIpc) is 3.13. The number of ether oxygens (including phenoxy) is 1. The van der Waals surface area contributed by atoms with E-state index in [1.54, 1.807) is 25.4 Å². The summed E-state index contributed by atoms with van der Waals surface area (Å²) >= 11 is 0. The molecule has 0 spiro atoms. The first-order valence-corrected chi connectivity index (χ1v) is 10.4. The number of fused-ring (bicyclic) bond motifs is 1. The van der Waals surface area contributed by atoms with Crippen molar-refractivity contribution in [2.24, 2.45) is 5.92 Å². The van der Waals surface area contributed by atoms with Crippen molar-refractivity contribution in [1.82, 2.24) is 19.9 Å². The molecule has 0 saturated heterocycles. The van der Waals surface area contributed by atoms with Crippen LogP contribution in [0.2, 0.25) is 0 Å². The lowest BCUT2D eigenvalue weighted by atomic mass is 10.1. The van der Waals surface area contributed by atoms with E-state index in [1.165, 1.54) is 6.92 Å². The van der Waals surface area contributed by atoms with Gasteiger partial charge < -0.3 is 19.9 Å². The molecule has 0 bridgehead atoms. The summed E-state index contributed by atoms with van der Waals surface area (Å²) in [6.45, 7) is 7.14. The molecule has 31 heavy (non-hydrogen) atoms. The van der Waals surface area contributed by atoms with E-state index >= 15 is 0 Å². The van der Waals surface area contributed by atoms with E-state index in [1.807, 2.05) is 22.8 Å². The Morgan fingerprint density at radius 1 is 1.26 bits per heavy atom. The number of anilines is 1. The van der Waals surface area contributed by atoms with Crippen LogP contribution in [0.5, 0.6) is 0 Å². The molecule has 0 aliphatic carbocycles. The maximum absolute atomic E-state index is 13.2. The molecule has 0 radical (unpaired) electrons. The molecule has 2 heterocycles. The van der Waals surface area contributed by atoms with Crippen LogP contribution in [0.3, 0.4) is 0 Å². The minimum absolute atomic E-state index is 0.205. The predicted octanol–water partition coefficient (Wildman–Crippen LogP) is 3.48. The number of hydrogen-bond acceptors (Lipinski definition) is 5. The molecule has 0 saturated carbocycles. The highest BCUT2D eigenvalue weighted by Crippen LogP contribution is 2.29. The topological polar surface area (TPSA) is 98.1 Å². The number of nitrogens with one attached hydrogen (secondary N) is 2. The lowest BCUT2D eigenvalue weighted by Gasteiger charge is -2.14. The highest BCUT2D eigenvalue weighted by atomic mass is 16.5. The SMILES string of the molecule is CC[C@@H](C)CNC(=O)c1cc(NC(C)=O)cc2nc(-c3ccccn3)n(CCOC)c12. The summed E-state index contributed by atoms with van der Waals surface area (Å²) in [5.74, 6) is 0.585. The number of carbonyl (C=O) groups excluding carboxylic acids is 2. The normalized spacial score (nSPS) is 12.0. The third-order valence-electron chi connectivity index (χ3n) is 5.13. The molecule has 164 valence electrons. The number of amides is 2. The van der Waals surface area contributed by atoms with Crippen LogP contribution in [-0.4, -0.2) is 46.6 Å². The maximum atomic E-state index is 13.2. The Morgan fingerprint density at radius 2 is 2.06 bits per heavy atom. The van der Waals surface area contributed by atoms with Crippen molar-refractivity contribution in [1.29, 1.82) is 0 Å². The van der Waals surface area contributed by atoms with E-state index in [2.05, 4.69) is 29.5 Å². The van der Waals surface area contributed by atoms with Crippen molar-refractivity contribution < 1.29 is 14.3 Å². The Kier molecular flexibility index (Phi) is 7.36. The third-order valence-corrected chi connectivity index (χ3v) is 5.13. The fourth-order valence-electron chi connectivity index (χ4n) is 3.31. The molecular weight excluding hydrogens is 394 g/mol. The molecule has 8 heteroatoms. The number of benzene rings is 1. The zero-order chi connectivity index (χ0) is 22.4. The van der Waals surface area contributed by atoms with Gasteiger partial charge in [0.1, 0.15) is 5.69 Å². The van der Waals surface area contributed by atoms with E-state index in [4.69, 9.17) is 9.72 Å². The van der Waals surface area contributed by atoms with E-state index in [0.717, 1.165) is 6.42 Å². The maximum Gasteiger partial charge on any atom is 0.253 e. The average molecular weight is 424 g/mol. The van der Waals surface area contributed by atoms with Gasteiger partial charge in [-0.1, -0.05) is 26.3 Å². The molecule has 3 aromatic rings. The number of imidazole rings is 1. The second kappa shape index (κ2) is 10.2. The molecule has 3 rings (SSSR count). The van der Waals surface area contributed by atoms with Gasteiger partial charge in [-0.15, -0.1) is 0 Å². The Balaban J connectivity index is 2.19. The van der Waals surface area contributed by atoms with E-state index in [0.29, 0.717) is 59.4 Å². The van der Waals surface area contributed by atoms with Crippen molar-refractivity contribution in [2.45, 2.75) is 33.7 Å². The number of methoxy groups -OCH3 is 1. The fourth-order valence-corrected chi connectivity index (χ4v) is 3.31. The molecule has 2 amide bonds. The largest absolute Gasteiger partial charge is 0.383 e. The van der Waals surface area contributed by atoms with Crippen LogP contribution in [-0.2, 0) is 16.1 Å². The molecule has 8 nitrogen and oxygen atoms in total. The van der Waals surface area contributed by atoms with Gasteiger partial charge in [-0.3, -0.25) is 14.6 Å². The summed E-state index contributed by atoms with van der Waals surface area (Å²) in [6.07, 6.45) is 2.68. The number of carbonyl (C=O) groups is 2. The van der Waals surface area contributed by atoms with Crippen LogP contribution in [0, 0.1) is 5.92 Å². The predicted molar refractivity (Wildman–Crippen MR) is 121 cm³/mol. The summed E-state index contributed by atoms with van der Waals surface area (Å²) < 4.78 is 7.25. The van der Waals surface area contributed by atoms with Crippen LogP contribution < -0.4 is 10.6 Å². The van der Waals surface area contributed by atoms with Gasteiger partial charge in [0.15, 0.2) is 5.82 Å². The monoisotopic (exact) mass is 423 g/mol. The molecular formula is C23H29N5O3. The molecule has 1 atom stereocenters. The Hall–Kier alpha value is -3.26. The van der Waals surface area contributed by atoms with Crippen molar-refractivity contribution >= 4 is 28.5 Å².